The molecule has 0 heterocycles. The van der Waals surface area contributed by atoms with Crippen LogP contribution in [0, 0.1) is 16.0 Å². The fourth-order valence-corrected chi connectivity index (χ4v) is 1.70. The molecular formula is C11H14BrN3O3. The molecule has 0 fully saturated rings. The number of carbonyl (C=O) groups excluding carboxylic acids is 1. The summed E-state index contributed by atoms with van der Waals surface area (Å²) in [7, 11) is 0. The molecule has 1 atom stereocenters. The Balaban J connectivity index is 2.86. The van der Waals surface area contributed by atoms with Crippen LogP contribution >= 0.6 is 15.9 Å². The number of nitro benzene ring substituents is 1. The molecule has 1 rings (SSSR count). The molecule has 0 aromatic heterocycles. The molecule has 1 aromatic rings. The molecule has 0 saturated carbocycles. The lowest BCUT2D eigenvalue weighted by Crippen LogP contribution is -2.39. The molecule has 0 spiro atoms. The second-order valence-electron chi connectivity index (χ2n) is 4.18. The van der Waals surface area contributed by atoms with Crippen LogP contribution in [0.1, 0.15) is 13.8 Å². The third-order valence-electron chi connectivity index (χ3n) is 2.44. The van der Waals surface area contributed by atoms with Gasteiger partial charge in [0.15, 0.2) is 0 Å². The van der Waals surface area contributed by atoms with E-state index in [1.807, 2.05) is 13.8 Å². The van der Waals surface area contributed by atoms with Crippen LogP contribution < -0.4 is 11.1 Å². The Morgan fingerprint density at radius 2 is 2.11 bits per heavy atom. The fraction of sp³-hybridized carbons (Fsp3) is 0.364. The van der Waals surface area contributed by atoms with Gasteiger partial charge in [-0.2, -0.15) is 0 Å². The van der Waals surface area contributed by atoms with E-state index in [0.717, 1.165) is 0 Å². The number of anilines is 1. The number of carbonyl (C=O) groups is 1. The number of halogens is 1. The summed E-state index contributed by atoms with van der Waals surface area (Å²) in [5, 5.41) is 13.2. The highest BCUT2D eigenvalue weighted by Crippen LogP contribution is 2.27. The Morgan fingerprint density at radius 1 is 1.50 bits per heavy atom. The summed E-state index contributed by atoms with van der Waals surface area (Å²) in [6, 6.07) is 3.50. The highest BCUT2D eigenvalue weighted by molar-refractivity contribution is 9.10. The number of nitro groups is 1. The van der Waals surface area contributed by atoms with E-state index >= 15 is 0 Å². The SMILES string of the molecule is CC(C)[C@H](N)C(=O)Nc1ccc([N+](=O)[O-])cc1Br. The Labute approximate surface area is 113 Å². The van der Waals surface area contributed by atoms with Crippen molar-refractivity contribution in [2.24, 2.45) is 11.7 Å². The minimum Gasteiger partial charge on any atom is -0.324 e. The quantitative estimate of drug-likeness (QED) is 0.657. The van der Waals surface area contributed by atoms with E-state index in [1.165, 1.54) is 18.2 Å². The Bertz CT molecular complexity index is 477. The fourth-order valence-electron chi connectivity index (χ4n) is 1.24. The Morgan fingerprint density at radius 3 is 2.56 bits per heavy atom. The van der Waals surface area contributed by atoms with Gasteiger partial charge in [-0.25, -0.2) is 0 Å². The number of nitrogens with zero attached hydrogens (tertiary/aromatic N) is 1. The van der Waals surface area contributed by atoms with Crippen molar-refractivity contribution in [1.29, 1.82) is 0 Å². The number of rotatable bonds is 4. The number of nitrogens with two attached hydrogens (primary N) is 1. The van der Waals surface area contributed by atoms with Crippen molar-refractivity contribution in [2.45, 2.75) is 19.9 Å². The summed E-state index contributed by atoms with van der Waals surface area (Å²) in [6.07, 6.45) is 0. The second-order valence-corrected chi connectivity index (χ2v) is 5.03. The number of nitrogens with one attached hydrogen (secondary N) is 1. The zero-order chi connectivity index (χ0) is 13.9. The molecule has 3 N–H and O–H groups in total. The molecule has 0 saturated heterocycles. The van der Waals surface area contributed by atoms with Gasteiger partial charge in [0.25, 0.3) is 5.69 Å². The first-order valence-electron chi connectivity index (χ1n) is 5.33. The van der Waals surface area contributed by atoms with E-state index in [9.17, 15) is 14.9 Å². The Hall–Kier alpha value is -1.47. The molecule has 7 heteroatoms. The van der Waals surface area contributed by atoms with E-state index in [4.69, 9.17) is 5.73 Å². The van der Waals surface area contributed by atoms with Crippen molar-refractivity contribution >= 4 is 33.2 Å². The maximum absolute atomic E-state index is 11.7. The van der Waals surface area contributed by atoms with Crippen molar-refractivity contribution in [1.82, 2.24) is 0 Å². The lowest BCUT2D eigenvalue weighted by Gasteiger charge is -2.15. The average Bonchev–Trinajstić information content (AvgIpc) is 2.30. The van der Waals surface area contributed by atoms with Gasteiger partial charge in [0.2, 0.25) is 5.91 Å². The van der Waals surface area contributed by atoms with Crippen LogP contribution in [-0.2, 0) is 4.79 Å². The zero-order valence-corrected chi connectivity index (χ0v) is 11.6. The zero-order valence-electron chi connectivity index (χ0n) is 10.0. The number of hydrogen-bond acceptors (Lipinski definition) is 4. The highest BCUT2D eigenvalue weighted by atomic mass is 79.9. The van der Waals surface area contributed by atoms with Crippen LogP contribution in [0.15, 0.2) is 22.7 Å². The molecule has 6 nitrogen and oxygen atoms in total. The predicted octanol–water partition coefficient (Wildman–Crippen LogP) is 2.28. The van der Waals surface area contributed by atoms with Gasteiger partial charge in [-0.1, -0.05) is 13.8 Å². The number of non-ortho nitro benzene ring substituents is 1. The summed E-state index contributed by atoms with van der Waals surface area (Å²) < 4.78 is 0.445. The molecule has 0 aliphatic carbocycles. The van der Waals surface area contributed by atoms with Gasteiger partial charge in [0.05, 0.1) is 16.7 Å². The lowest BCUT2D eigenvalue weighted by molar-refractivity contribution is -0.384. The van der Waals surface area contributed by atoms with Crippen LogP contribution in [0.2, 0.25) is 0 Å². The number of benzene rings is 1. The maximum atomic E-state index is 11.7. The predicted molar refractivity (Wildman–Crippen MR) is 72.2 cm³/mol. The molecule has 18 heavy (non-hydrogen) atoms. The van der Waals surface area contributed by atoms with Crippen molar-refractivity contribution in [3.8, 4) is 0 Å². The van der Waals surface area contributed by atoms with Gasteiger partial charge in [0, 0.05) is 16.6 Å². The molecule has 0 radical (unpaired) electrons. The third kappa shape index (κ3) is 3.51. The normalized spacial score (nSPS) is 12.3. The largest absolute Gasteiger partial charge is 0.324 e. The monoisotopic (exact) mass is 315 g/mol. The number of amides is 1. The van der Waals surface area contributed by atoms with Crippen molar-refractivity contribution in [2.75, 3.05) is 5.32 Å². The summed E-state index contributed by atoms with van der Waals surface area (Å²) in [6.45, 7) is 3.68. The van der Waals surface area contributed by atoms with Gasteiger partial charge in [-0.05, 0) is 27.9 Å². The molecule has 0 aliphatic heterocycles. The van der Waals surface area contributed by atoms with Crippen LogP contribution in [0.25, 0.3) is 0 Å². The first kappa shape index (κ1) is 14.6. The van der Waals surface area contributed by atoms with Crippen molar-refractivity contribution < 1.29 is 9.72 Å². The summed E-state index contributed by atoms with van der Waals surface area (Å²) in [5.41, 5.74) is 6.11. The first-order valence-corrected chi connectivity index (χ1v) is 6.12. The lowest BCUT2D eigenvalue weighted by atomic mass is 10.0. The first-order chi connectivity index (χ1) is 8.32. The van der Waals surface area contributed by atoms with Crippen LogP contribution in [0.5, 0.6) is 0 Å². The van der Waals surface area contributed by atoms with E-state index < -0.39 is 11.0 Å². The third-order valence-corrected chi connectivity index (χ3v) is 3.10. The molecular weight excluding hydrogens is 302 g/mol. The Kier molecular flexibility index (Phi) is 4.80. The van der Waals surface area contributed by atoms with Gasteiger partial charge >= 0.3 is 0 Å². The van der Waals surface area contributed by atoms with Crippen LogP contribution in [0.3, 0.4) is 0 Å². The van der Waals surface area contributed by atoms with Gasteiger partial charge in [0.1, 0.15) is 0 Å². The molecule has 0 aliphatic rings. The smallest absolute Gasteiger partial charge is 0.270 e. The highest BCUT2D eigenvalue weighted by Gasteiger charge is 2.18. The molecule has 1 amide bonds. The van der Waals surface area contributed by atoms with E-state index in [1.54, 1.807) is 0 Å². The second kappa shape index (κ2) is 5.92. The van der Waals surface area contributed by atoms with Gasteiger partial charge < -0.3 is 11.1 Å². The topological polar surface area (TPSA) is 98.3 Å². The van der Waals surface area contributed by atoms with Crippen molar-refractivity contribution in [3.05, 3.63) is 32.8 Å². The summed E-state index contributed by atoms with van der Waals surface area (Å²) in [5.74, 6) is -0.304. The van der Waals surface area contributed by atoms with Crippen LogP contribution in [-0.4, -0.2) is 16.9 Å². The minimum absolute atomic E-state index is 0.0156. The summed E-state index contributed by atoms with van der Waals surface area (Å²) >= 11 is 3.17. The molecule has 98 valence electrons. The van der Waals surface area contributed by atoms with Gasteiger partial charge in [-0.15, -0.1) is 0 Å². The molecule has 0 unspecified atom stereocenters. The van der Waals surface area contributed by atoms with E-state index in [-0.39, 0.29) is 17.5 Å². The van der Waals surface area contributed by atoms with Crippen molar-refractivity contribution in [3.63, 3.8) is 0 Å². The van der Waals surface area contributed by atoms with Crippen LogP contribution in [0.4, 0.5) is 11.4 Å². The van der Waals surface area contributed by atoms with E-state index in [0.29, 0.717) is 10.2 Å². The number of hydrogen-bond donors (Lipinski definition) is 2. The van der Waals surface area contributed by atoms with Gasteiger partial charge in [-0.3, -0.25) is 14.9 Å². The summed E-state index contributed by atoms with van der Waals surface area (Å²) in [4.78, 5) is 21.8. The molecule has 1 aromatic carbocycles. The average molecular weight is 316 g/mol. The van der Waals surface area contributed by atoms with E-state index in [2.05, 4.69) is 21.2 Å². The minimum atomic E-state index is -0.618. The molecule has 0 bridgehead atoms. The standard InChI is InChI=1S/C11H14BrN3O3/c1-6(2)10(13)11(16)14-9-4-3-7(15(17)18)5-8(9)12/h3-6,10H,13H2,1-2H3,(H,14,16)/t10-/m0/s1. The maximum Gasteiger partial charge on any atom is 0.270 e.